The highest BCUT2D eigenvalue weighted by molar-refractivity contribution is 6.02. The predicted octanol–water partition coefficient (Wildman–Crippen LogP) is 2.49. The fourth-order valence-corrected chi connectivity index (χ4v) is 1.42. The van der Waals surface area contributed by atoms with Gasteiger partial charge < -0.3 is 9.47 Å². The molecule has 0 spiro atoms. The van der Waals surface area contributed by atoms with E-state index in [1.807, 2.05) is 20.8 Å². The minimum Gasteiger partial charge on any atom is -0.468 e. The Bertz CT molecular complexity index is 461. The summed E-state index contributed by atoms with van der Waals surface area (Å²) in [5.74, 6) is 3.98. The smallest absolute Gasteiger partial charge is 0.328 e. The largest absolute Gasteiger partial charge is 0.468 e. The lowest BCUT2D eigenvalue weighted by Gasteiger charge is -2.21. The Hall–Kier alpha value is -1.98. The molecule has 0 unspecified atom stereocenters. The minimum absolute atomic E-state index is 0.00612. The van der Waals surface area contributed by atoms with Crippen LogP contribution in [0.5, 0.6) is 0 Å². The van der Waals surface area contributed by atoms with Gasteiger partial charge >= 0.3 is 11.9 Å². The molecule has 0 amide bonds. The van der Waals surface area contributed by atoms with Crippen molar-refractivity contribution < 1.29 is 19.1 Å². The molecule has 0 bridgehead atoms. The highest BCUT2D eigenvalue weighted by Crippen LogP contribution is 2.27. The monoisotopic (exact) mass is 278 g/mol. The molecule has 0 saturated carbocycles. The Kier molecular flexibility index (Phi) is 6.82. The molecule has 0 saturated heterocycles. The molecule has 0 fully saturated rings. The summed E-state index contributed by atoms with van der Waals surface area (Å²) in [6.45, 7) is 7.58. The Morgan fingerprint density at radius 2 is 1.55 bits per heavy atom. The lowest BCUT2D eigenvalue weighted by molar-refractivity contribution is -0.164. The number of esters is 2. The van der Waals surface area contributed by atoms with E-state index in [1.54, 1.807) is 13.0 Å². The van der Waals surface area contributed by atoms with Crippen LogP contribution in [0.15, 0.2) is 17.9 Å². The van der Waals surface area contributed by atoms with Gasteiger partial charge in [-0.15, -0.1) is 17.6 Å². The zero-order valence-corrected chi connectivity index (χ0v) is 13.0. The quantitative estimate of drug-likeness (QED) is 0.343. The molecule has 0 rings (SSSR count). The van der Waals surface area contributed by atoms with Crippen molar-refractivity contribution in [1.82, 2.24) is 0 Å². The second-order valence-corrected chi connectivity index (χ2v) is 5.38. The number of ether oxygens (including phenoxy) is 2. The first-order valence-corrected chi connectivity index (χ1v) is 6.24. The SMILES string of the molecule is CC#CCC(C=C=CC(C)(C)C)(C(=O)OC)C(=O)OC. The van der Waals surface area contributed by atoms with Crippen molar-refractivity contribution in [3.63, 3.8) is 0 Å². The van der Waals surface area contributed by atoms with Gasteiger partial charge in [-0.25, -0.2) is 0 Å². The first-order valence-electron chi connectivity index (χ1n) is 6.24. The Labute approximate surface area is 120 Å². The van der Waals surface area contributed by atoms with Crippen molar-refractivity contribution in [3.05, 3.63) is 17.9 Å². The number of methoxy groups -OCH3 is 2. The highest BCUT2D eigenvalue weighted by Gasteiger charge is 2.46. The lowest BCUT2D eigenvalue weighted by atomic mass is 9.84. The van der Waals surface area contributed by atoms with Gasteiger partial charge in [-0.2, -0.15) is 0 Å². The van der Waals surface area contributed by atoms with E-state index in [4.69, 9.17) is 9.47 Å². The van der Waals surface area contributed by atoms with Crippen LogP contribution in [0.25, 0.3) is 0 Å². The van der Waals surface area contributed by atoms with Crippen LogP contribution in [-0.4, -0.2) is 26.2 Å². The van der Waals surface area contributed by atoms with E-state index >= 15 is 0 Å². The second-order valence-electron chi connectivity index (χ2n) is 5.38. The standard InChI is InChI=1S/C16H22O4/c1-7-8-11-16(13(17)19-5,14(18)20-6)12-9-10-15(2,3)4/h10,12H,11H2,1-6H3. The molecule has 0 aromatic carbocycles. The molecule has 0 aliphatic carbocycles. The average molecular weight is 278 g/mol. The van der Waals surface area contributed by atoms with Crippen molar-refractivity contribution in [3.8, 4) is 11.8 Å². The maximum absolute atomic E-state index is 12.0. The van der Waals surface area contributed by atoms with Gasteiger partial charge in [0.2, 0.25) is 5.41 Å². The van der Waals surface area contributed by atoms with E-state index < -0.39 is 17.4 Å². The van der Waals surface area contributed by atoms with Gasteiger partial charge in [-0.3, -0.25) is 9.59 Å². The molecule has 0 aliphatic heterocycles. The van der Waals surface area contributed by atoms with Gasteiger partial charge in [0.05, 0.1) is 14.2 Å². The van der Waals surface area contributed by atoms with Crippen LogP contribution < -0.4 is 0 Å². The summed E-state index contributed by atoms with van der Waals surface area (Å²) < 4.78 is 9.45. The van der Waals surface area contributed by atoms with Crippen molar-refractivity contribution in [2.45, 2.75) is 34.1 Å². The Morgan fingerprint density at radius 1 is 1.05 bits per heavy atom. The number of carbonyl (C=O) groups is 2. The summed E-state index contributed by atoms with van der Waals surface area (Å²) in [5.41, 5.74) is 1.19. The fraction of sp³-hybridized carbons (Fsp3) is 0.562. The van der Waals surface area contributed by atoms with Crippen molar-refractivity contribution in [1.29, 1.82) is 0 Å². The van der Waals surface area contributed by atoms with E-state index in [1.165, 1.54) is 20.3 Å². The summed E-state index contributed by atoms with van der Waals surface area (Å²) in [5, 5.41) is 0. The summed E-state index contributed by atoms with van der Waals surface area (Å²) in [6.07, 6.45) is 3.14. The van der Waals surface area contributed by atoms with E-state index in [-0.39, 0.29) is 11.8 Å². The van der Waals surface area contributed by atoms with Gasteiger partial charge in [-0.05, 0) is 24.5 Å². The zero-order chi connectivity index (χ0) is 15.8. The molecule has 0 aliphatic rings. The maximum atomic E-state index is 12.0. The Balaban J connectivity index is 5.84. The molecule has 0 aromatic rings. The Morgan fingerprint density at radius 3 is 1.90 bits per heavy atom. The van der Waals surface area contributed by atoms with E-state index in [2.05, 4.69) is 17.6 Å². The van der Waals surface area contributed by atoms with Crippen LogP contribution in [0.1, 0.15) is 34.1 Å². The van der Waals surface area contributed by atoms with Crippen LogP contribution in [-0.2, 0) is 19.1 Å². The molecule has 0 aromatic heterocycles. The lowest BCUT2D eigenvalue weighted by Crippen LogP contribution is -2.39. The van der Waals surface area contributed by atoms with Gasteiger partial charge in [0.25, 0.3) is 0 Å². The zero-order valence-electron chi connectivity index (χ0n) is 13.0. The number of hydrogen-bond donors (Lipinski definition) is 0. The third-order valence-electron chi connectivity index (χ3n) is 2.49. The summed E-state index contributed by atoms with van der Waals surface area (Å²) in [4.78, 5) is 24.0. The predicted molar refractivity (Wildman–Crippen MR) is 76.6 cm³/mol. The van der Waals surface area contributed by atoms with Gasteiger partial charge in [0.15, 0.2) is 0 Å². The van der Waals surface area contributed by atoms with E-state index in [0.717, 1.165) is 0 Å². The topological polar surface area (TPSA) is 52.6 Å². The minimum atomic E-state index is -1.58. The molecule has 4 nitrogen and oxygen atoms in total. The third kappa shape index (κ3) is 4.95. The molecule has 0 atom stereocenters. The van der Waals surface area contributed by atoms with Crippen molar-refractivity contribution in [2.24, 2.45) is 10.8 Å². The van der Waals surface area contributed by atoms with E-state index in [9.17, 15) is 9.59 Å². The van der Waals surface area contributed by atoms with Gasteiger partial charge in [-0.1, -0.05) is 20.8 Å². The molecule has 0 radical (unpaired) electrons. The second kappa shape index (κ2) is 7.57. The van der Waals surface area contributed by atoms with Crippen LogP contribution >= 0.6 is 0 Å². The first kappa shape index (κ1) is 18.0. The molecule has 110 valence electrons. The molecular formula is C16H22O4. The van der Waals surface area contributed by atoms with Gasteiger partial charge in [0, 0.05) is 6.42 Å². The first-order chi connectivity index (χ1) is 9.23. The fourth-order valence-electron chi connectivity index (χ4n) is 1.42. The summed E-state index contributed by atoms with van der Waals surface area (Å²) in [6, 6.07) is 0. The van der Waals surface area contributed by atoms with Crippen molar-refractivity contribution >= 4 is 11.9 Å². The molecule has 0 N–H and O–H groups in total. The van der Waals surface area contributed by atoms with Crippen LogP contribution in [0.2, 0.25) is 0 Å². The van der Waals surface area contributed by atoms with Crippen LogP contribution in [0, 0.1) is 22.7 Å². The molecule has 4 heteroatoms. The van der Waals surface area contributed by atoms with Crippen LogP contribution in [0.4, 0.5) is 0 Å². The normalized spacial score (nSPS) is 10.5. The third-order valence-corrected chi connectivity index (χ3v) is 2.49. The van der Waals surface area contributed by atoms with Gasteiger partial charge in [0.1, 0.15) is 0 Å². The number of hydrogen-bond acceptors (Lipinski definition) is 4. The van der Waals surface area contributed by atoms with Crippen LogP contribution in [0.3, 0.4) is 0 Å². The summed E-state index contributed by atoms with van der Waals surface area (Å²) in [7, 11) is 2.45. The number of rotatable bonds is 4. The number of carbonyl (C=O) groups excluding carboxylic acids is 2. The summed E-state index contributed by atoms with van der Waals surface area (Å²) >= 11 is 0. The molecule has 20 heavy (non-hydrogen) atoms. The van der Waals surface area contributed by atoms with Crippen molar-refractivity contribution in [2.75, 3.05) is 14.2 Å². The van der Waals surface area contributed by atoms with E-state index in [0.29, 0.717) is 0 Å². The molecule has 0 heterocycles. The highest BCUT2D eigenvalue weighted by atomic mass is 16.5. The average Bonchev–Trinajstić information content (AvgIpc) is 2.39. The maximum Gasteiger partial charge on any atom is 0.328 e. The molecular weight excluding hydrogens is 256 g/mol.